The number of hydrogen-bond acceptors (Lipinski definition) is 6. The Bertz CT molecular complexity index is 1110. The van der Waals surface area contributed by atoms with Crippen LogP contribution < -0.4 is 10.2 Å². The largest absolute Gasteiger partial charge is 0.467 e. The molecule has 0 spiro atoms. The zero-order valence-electron chi connectivity index (χ0n) is 22.1. The van der Waals surface area contributed by atoms with E-state index in [9.17, 15) is 14.4 Å². The quantitative estimate of drug-likeness (QED) is 0.576. The molecule has 4 rings (SSSR count). The highest BCUT2D eigenvalue weighted by molar-refractivity contribution is 5.91. The molecule has 1 N–H and O–H groups in total. The number of nitrogens with zero attached hydrogens (tertiary/aromatic N) is 2. The fourth-order valence-corrected chi connectivity index (χ4v) is 5.03. The molecule has 198 valence electrons. The number of ether oxygens (including phenoxy) is 2. The van der Waals surface area contributed by atoms with Crippen molar-refractivity contribution in [1.29, 1.82) is 0 Å². The van der Waals surface area contributed by atoms with Gasteiger partial charge in [-0.15, -0.1) is 0 Å². The number of nitrogens with one attached hydrogen (secondary N) is 1. The summed E-state index contributed by atoms with van der Waals surface area (Å²) in [5.74, 6) is -0.829. The van der Waals surface area contributed by atoms with Gasteiger partial charge in [0.2, 0.25) is 5.91 Å². The molecule has 1 saturated heterocycles. The molecule has 2 atom stereocenters. The second kappa shape index (κ2) is 11.2. The van der Waals surface area contributed by atoms with Gasteiger partial charge in [0.25, 0.3) is 0 Å². The summed E-state index contributed by atoms with van der Waals surface area (Å²) >= 11 is 0. The van der Waals surface area contributed by atoms with Gasteiger partial charge in [-0.2, -0.15) is 0 Å². The van der Waals surface area contributed by atoms with Crippen molar-refractivity contribution in [2.45, 2.75) is 64.6 Å². The van der Waals surface area contributed by atoms with Gasteiger partial charge in [-0.05, 0) is 54.4 Å². The molecule has 0 aromatic heterocycles. The highest BCUT2D eigenvalue weighted by Crippen LogP contribution is 2.30. The Hall–Kier alpha value is -3.55. The van der Waals surface area contributed by atoms with E-state index >= 15 is 0 Å². The predicted molar refractivity (Wildman–Crippen MR) is 142 cm³/mol. The number of hydrogen-bond donors (Lipinski definition) is 1. The molecule has 2 aromatic carbocycles. The van der Waals surface area contributed by atoms with Crippen molar-refractivity contribution in [1.82, 2.24) is 10.2 Å². The monoisotopic (exact) mass is 507 g/mol. The molecule has 37 heavy (non-hydrogen) atoms. The zero-order valence-corrected chi connectivity index (χ0v) is 22.1. The van der Waals surface area contributed by atoms with Crippen molar-refractivity contribution in [2.75, 3.05) is 25.2 Å². The van der Waals surface area contributed by atoms with Gasteiger partial charge in [0, 0.05) is 5.69 Å². The van der Waals surface area contributed by atoms with Crippen molar-refractivity contribution in [3.63, 3.8) is 0 Å². The lowest BCUT2D eigenvalue weighted by atomic mass is 9.85. The van der Waals surface area contributed by atoms with E-state index in [1.54, 1.807) is 0 Å². The standard InChI is InChI=1S/C29H37N3O5/c1-29(2,3)25(30-28(35)37-23-15-8-9-16-23)26(33)32-19-31(18-24(32)27(34)36-4)22-14-10-13-21(17-22)20-11-6-5-7-12-20/h5-7,10-14,17,23-25H,8-9,15-16,18-19H2,1-4H3,(H,30,35)/t24-,25+/m0/s1. The molecule has 2 aliphatic rings. The highest BCUT2D eigenvalue weighted by atomic mass is 16.6. The number of esters is 1. The number of anilines is 1. The Morgan fingerprint density at radius 3 is 2.30 bits per heavy atom. The molecule has 0 radical (unpaired) electrons. The van der Waals surface area contributed by atoms with Gasteiger partial charge in [-0.3, -0.25) is 4.79 Å². The first-order valence-corrected chi connectivity index (χ1v) is 12.9. The van der Waals surface area contributed by atoms with E-state index in [1.807, 2.05) is 74.2 Å². The summed E-state index contributed by atoms with van der Waals surface area (Å²) in [5, 5.41) is 2.80. The Morgan fingerprint density at radius 1 is 0.973 bits per heavy atom. The highest BCUT2D eigenvalue weighted by Gasteiger charge is 2.45. The average Bonchev–Trinajstić information content (AvgIpc) is 3.57. The van der Waals surface area contributed by atoms with Crippen LogP contribution in [0.5, 0.6) is 0 Å². The Labute approximate surface area is 218 Å². The summed E-state index contributed by atoms with van der Waals surface area (Å²) in [6.07, 6.45) is 3.05. The number of carbonyl (C=O) groups is 3. The van der Waals surface area contributed by atoms with Crippen LogP contribution in [0.4, 0.5) is 10.5 Å². The fourth-order valence-electron chi connectivity index (χ4n) is 5.03. The van der Waals surface area contributed by atoms with Crippen LogP contribution >= 0.6 is 0 Å². The summed E-state index contributed by atoms with van der Waals surface area (Å²) in [6.45, 7) is 6.14. The van der Waals surface area contributed by atoms with Crippen LogP contribution in [0, 0.1) is 5.41 Å². The van der Waals surface area contributed by atoms with Gasteiger partial charge in [0.05, 0.1) is 20.3 Å². The third-order valence-electron chi connectivity index (χ3n) is 7.12. The maximum absolute atomic E-state index is 13.9. The minimum atomic E-state index is -0.871. The molecule has 1 saturated carbocycles. The lowest BCUT2D eigenvalue weighted by Gasteiger charge is -2.34. The number of rotatable bonds is 6. The number of amides is 2. The second-order valence-electron chi connectivity index (χ2n) is 10.9. The summed E-state index contributed by atoms with van der Waals surface area (Å²) in [7, 11) is 1.32. The molecule has 8 heteroatoms. The Kier molecular flexibility index (Phi) is 8.05. The van der Waals surface area contributed by atoms with Crippen LogP contribution in [0.15, 0.2) is 54.6 Å². The van der Waals surface area contributed by atoms with Crippen LogP contribution in [0.25, 0.3) is 11.1 Å². The van der Waals surface area contributed by atoms with E-state index in [0.717, 1.165) is 42.5 Å². The number of methoxy groups -OCH3 is 1. The molecule has 1 aliphatic heterocycles. The van der Waals surface area contributed by atoms with Crippen LogP contribution in [-0.4, -0.2) is 61.4 Å². The van der Waals surface area contributed by atoms with E-state index in [1.165, 1.54) is 12.0 Å². The van der Waals surface area contributed by atoms with E-state index < -0.39 is 29.6 Å². The van der Waals surface area contributed by atoms with E-state index in [4.69, 9.17) is 9.47 Å². The summed E-state index contributed by atoms with van der Waals surface area (Å²) in [4.78, 5) is 42.8. The van der Waals surface area contributed by atoms with Crippen LogP contribution in [0.2, 0.25) is 0 Å². The van der Waals surface area contributed by atoms with Gasteiger partial charge in [-0.25, -0.2) is 9.59 Å². The molecule has 0 unspecified atom stereocenters. The molecule has 2 amide bonds. The van der Waals surface area contributed by atoms with Gasteiger partial charge >= 0.3 is 12.1 Å². The Morgan fingerprint density at radius 2 is 1.65 bits per heavy atom. The fraction of sp³-hybridized carbons (Fsp3) is 0.483. The minimum Gasteiger partial charge on any atom is -0.467 e. The van der Waals surface area contributed by atoms with Gasteiger partial charge in [0.1, 0.15) is 18.2 Å². The van der Waals surface area contributed by atoms with E-state index in [0.29, 0.717) is 6.54 Å². The predicted octanol–water partition coefficient (Wildman–Crippen LogP) is 4.58. The molecule has 2 fully saturated rings. The first kappa shape index (κ1) is 26.5. The molecule has 0 bridgehead atoms. The number of carbonyl (C=O) groups excluding carboxylic acids is 3. The molecule has 1 aliphatic carbocycles. The third kappa shape index (κ3) is 6.24. The van der Waals surface area contributed by atoms with E-state index in [2.05, 4.69) is 11.4 Å². The van der Waals surface area contributed by atoms with Crippen molar-refractivity contribution >= 4 is 23.7 Å². The van der Waals surface area contributed by atoms with E-state index in [-0.39, 0.29) is 18.7 Å². The van der Waals surface area contributed by atoms with Gasteiger partial charge in [0.15, 0.2) is 0 Å². The Balaban J connectivity index is 1.56. The second-order valence-corrected chi connectivity index (χ2v) is 10.9. The molecule has 8 nitrogen and oxygen atoms in total. The van der Waals surface area contributed by atoms with Crippen molar-refractivity contribution in [3.05, 3.63) is 54.6 Å². The first-order chi connectivity index (χ1) is 17.7. The van der Waals surface area contributed by atoms with Crippen LogP contribution in [-0.2, 0) is 19.1 Å². The SMILES string of the molecule is COC(=O)[C@@H]1CN(c2cccc(-c3ccccc3)c2)CN1C(=O)[C@@H](NC(=O)OC1CCCC1)C(C)(C)C. The average molecular weight is 508 g/mol. The number of benzene rings is 2. The van der Waals surface area contributed by atoms with Crippen LogP contribution in [0.3, 0.4) is 0 Å². The normalized spacial score (nSPS) is 19.0. The maximum Gasteiger partial charge on any atom is 0.408 e. The molecular formula is C29H37N3O5. The van der Waals surface area contributed by atoms with Gasteiger partial charge in [-0.1, -0.05) is 63.2 Å². The number of alkyl carbamates (subject to hydrolysis) is 1. The minimum absolute atomic E-state index is 0.113. The maximum atomic E-state index is 13.9. The molecular weight excluding hydrogens is 470 g/mol. The van der Waals surface area contributed by atoms with Crippen molar-refractivity contribution < 1.29 is 23.9 Å². The van der Waals surface area contributed by atoms with Crippen molar-refractivity contribution in [2.24, 2.45) is 5.41 Å². The smallest absolute Gasteiger partial charge is 0.408 e. The molecule has 1 heterocycles. The lowest BCUT2D eigenvalue weighted by Crippen LogP contribution is -2.57. The topological polar surface area (TPSA) is 88.2 Å². The summed E-state index contributed by atoms with van der Waals surface area (Å²) in [5.41, 5.74) is 2.42. The summed E-state index contributed by atoms with van der Waals surface area (Å²) < 4.78 is 10.6. The lowest BCUT2D eigenvalue weighted by molar-refractivity contribution is -0.152. The van der Waals surface area contributed by atoms with Crippen molar-refractivity contribution in [3.8, 4) is 11.1 Å². The van der Waals surface area contributed by atoms with Gasteiger partial charge < -0.3 is 24.6 Å². The van der Waals surface area contributed by atoms with Crippen LogP contribution in [0.1, 0.15) is 46.5 Å². The third-order valence-corrected chi connectivity index (χ3v) is 7.12. The molecule has 2 aromatic rings. The summed E-state index contributed by atoms with van der Waals surface area (Å²) in [6, 6.07) is 16.4. The first-order valence-electron chi connectivity index (χ1n) is 12.9. The zero-order chi connectivity index (χ0) is 26.6.